The highest BCUT2D eigenvalue weighted by molar-refractivity contribution is 5.27. The lowest BCUT2D eigenvalue weighted by molar-refractivity contribution is 0.944. The Morgan fingerprint density at radius 3 is 2.62 bits per heavy atom. The molecule has 0 unspecified atom stereocenters. The second-order valence-electron chi connectivity index (χ2n) is 2.31. The van der Waals surface area contributed by atoms with E-state index in [4.69, 9.17) is 0 Å². The van der Waals surface area contributed by atoms with Crippen LogP contribution in [0.1, 0.15) is 26.2 Å². The van der Waals surface area contributed by atoms with Crippen molar-refractivity contribution in [2.75, 3.05) is 0 Å². The summed E-state index contributed by atoms with van der Waals surface area (Å²) in [5.41, 5.74) is 2.87. The van der Waals surface area contributed by atoms with E-state index in [0.717, 1.165) is 0 Å². The maximum absolute atomic E-state index is 3.88. The molecule has 0 saturated heterocycles. The predicted molar refractivity (Wildman–Crippen MR) is 36.7 cm³/mol. The zero-order valence-corrected chi connectivity index (χ0v) is 5.41. The van der Waals surface area contributed by atoms with Crippen molar-refractivity contribution in [3.63, 3.8) is 0 Å². The Labute approximate surface area is 50.9 Å². The summed E-state index contributed by atoms with van der Waals surface area (Å²) in [6.07, 6.45) is 5.89. The van der Waals surface area contributed by atoms with Crippen molar-refractivity contribution in [1.82, 2.24) is 0 Å². The summed E-state index contributed by atoms with van der Waals surface area (Å²) in [4.78, 5) is 0. The molecule has 0 atom stereocenters. The average Bonchev–Trinajstić information content (AvgIpc) is 2.14. The van der Waals surface area contributed by atoms with E-state index >= 15 is 0 Å². The molecular formula is C8H12. The molecule has 8 heavy (non-hydrogen) atoms. The molecule has 0 radical (unpaired) electrons. The maximum atomic E-state index is 3.88. The van der Waals surface area contributed by atoms with E-state index in [1.807, 2.05) is 0 Å². The molecule has 0 heterocycles. The lowest BCUT2D eigenvalue weighted by Gasteiger charge is -1.88. The van der Waals surface area contributed by atoms with Gasteiger partial charge in [-0.2, -0.15) is 0 Å². The molecule has 0 nitrogen and oxygen atoms in total. The summed E-state index contributed by atoms with van der Waals surface area (Å²) in [5.74, 6) is 0. The molecule has 0 aliphatic heterocycles. The fourth-order valence-electron chi connectivity index (χ4n) is 1.03. The first-order chi connectivity index (χ1) is 3.83. The molecule has 0 amide bonds. The average molecular weight is 108 g/mol. The minimum Gasteiger partial charge on any atom is -0.0958 e. The molecule has 0 bridgehead atoms. The lowest BCUT2D eigenvalue weighted by atomic mass is 10.2. The van der Waals surface area contributed by atoms with E-state index in [1.165, 1.54) is 24.8 Å². The standard InChI is InChI=1S/C8H12/c1-3-8-5-4-7(2)6-8/h6H,2-5H2,1H3. The van der Waals surface area contributed by atoms with Crippen molar-refractivity contribution >= 4 is 0 Å². The molecule has 0 heteroatoms. The third-order valence-electron chi connectivity index (χ3n) is 1.63. The highest BCUT2D eigenvalue weighted by Gasteiger charge is 2.03. The van der Waals surface area contributed by atoms with Crippen LogP contribution >= 0.6 is 0 Å². The van der Waals surface area contributed by atoms with Gasteiger partial charge in [0.15, 0.2) is 0 Å². The molecule has 0 aromatic rings. The molecular weight excluding hydrogens is 96.1 g/mol. The van der Waals surface area contributed by atoms with Gasteiger partial charge in [0.05, 0.1) is 0 Å². The number of hydrogen-bond acceptors (Lipinski definition) is 0. The fraction of sp³-hybridized carbons (Fsp3) is 0.500. The van der Waals surface area contributed by atoms with Gasteiger partial charge < -0.3 is 0 Å². The monoisotopic (exact) mass is 108 g/mol. The van der Waals surface area contributed by atoms with Crippen LogP contribution in [0.4, 0.5) is 0 Å². The minimum atomic E-state index is 1.20. The van der Waals surface area contributed by atoms with Crippen LogP contribution in [0.3, 0.4) is 0 Å². The van der Waals surface area contributed by atoms with Crippen molar-refractivity contribution in [2.45, 2.75) is 26.2 Å². The third-order valence-corrected chi connectivity index (χ3v) is 1.63. The zero-order chi connectivity index (χ0) is 5.98. The summed E-state index contributed by atoms with van der Waals surface area (Å²) in [5, 5.41) is 0. The van der Waals surface area contributed by atoms with E-state index in [-0.39, 0.29) is 0 Å². The van der Waals surface area contributed by atoms with E-state index < -0.39 is 0 Å². The summed E-state index contributed by atoms with van der Waals surface area (Å²) in [6, 6.07) is 0. The molecule has 0 fully saturated rings. The van der Waals surface area contributed by atoms with Gasteiger partial charge >= 0.3 is 0 Å². The lowest BCUT2D eigenvalue weighted by Crippen LogP contribution is -1.68. The van der Waals surface area contributed by atoms with Gasteiger partial charge in [-0.15, -0.1) is 0 Å². The smallest absolute Gasteiger partial charge is 0.0247 e. The minimum absolute atomic E-state index is 1.20. The van der Waals surface area contributed by atoms with Crippen molar-refractivity contribution in [1.29, 1.82) is 0 Å². The van der Waals surface area contributed by atoms with E-state index in [9.17, 15) is 0 Å². The molecule has 1 rings (SSSR count). The maximum Gasteiger partial charge on any atom is -0.0247 e. The summed E-state index contributed by atoms with van der Waals surface area (Å²) in [6.45, 7) is 6.07. The van der Waals surface area contributed by atoms with Gasteiger partial charge in [-0.3, -0.25) is 0 Å². The van der Waals surface area contributed by atoms with Crippen LogP contribution < -0.4 is 0 Å². The Morgan fingerprint density at radius 2 is 2.38 bits per heavy atom. The molecule has 0 N–H and O–H groups in total. The van der Waals surface area contributed by atoms with Crippen LogP contribution in [0.25, 0.3) is 0 Å². The Morgan fingerprint density at radius 1 is 1.62 bits per heavy atom. The number of hydrogen-bond donors (Lipinski definition) is 0. The van der Waals surface area contributed by atoms with Gasteiger partial charge in [0.25, 0.3) is 0 Å². The van der Waals surface area contributed by atoms with Gasteiger partial charge in [0.1, 0.15) is 0 Å². The number of allylic oxidation sites excluding steroid dienone is 3. The quantitative estimate of drug-likeness (QED) is 0.484. The van der Waals surface area contributed by atoms with Crippen LogP contribution in [0.5, 0.6) is 0 Å². The second kappa shape index (κ2) is 2.17. The summed E-state index contributed by atoms with van der Waals surface area (Å²) >= 11 is 0. The van der Waals surface area contributed by atoms with Gasteiger partial charge in [-0.1, -0.05) is 30.7 Å². The van der Waals surface area contributed by atoms with Crippen LogP contribution in [-0.2, 0) is 0 Å². The Bertz CT molecular complexity index is 129. The first-order valence-corrected chi connectivity index (χ1v) is 3.20. The first kappa shape index (κ1) is 5.61. The molecule has 0 aromatic heterocycles. The Hall–Kier alpha value is -0.520. The highest BCUT2D eigenvalue weighted by Crippen LogP contribution is 2.23. The molecule has 1 aliphatic rings. The van der Waals surface area contributed by atoms with Gasteiger partial charge in [-0.05, 0) is 19.3 Å². The van der Waals surface area contributed by atoms with E-state index in [1.54, 1.807) is 5.57 Å². The first-order valence-electron chi connectivity index (χ1n) is 3.20. The summed E-state index contributed by atoms with van der Waals surface area (Å²) in [7, 11) is 0. The normalized spacial score (nSPS) is 19.1. The predicted octanol–water partition coefficient (Wildman–Crippen LogP) is 2.67. The van der Waals surface area contributed by atoms with Crippen LogP contribution in [0.2, 0.25) is 0 Å². The Kier molecular flexibility index (Phi) is 1.52. The molecule has 1 aliphatic carbocycles. The largest absolute Gasteiger partial charge is 0.0958 e. The van der Waals surface area contributed by atoms with Gasteiger partial charge in [0.2, 0.25) is 0 Å². The molecule has 0 aromatic carbocycles. The SMILES string of the molecule is C=C1C=C(CC)CC1. The highest BCUT2D eigenvalue weighted by atomic mass is 14.1. The third kappa shape index (κ3) is 1.00. The number of rotatable bonds is 1. The van der Waals surface area contributed by atoms with Crippen molar-refractivity contribution in [3.8, 4) is 0 Å². The van der Waals surface area contributed by atoms with E-state index in [0.29, 0.717) is 0 Å². The van der Waals surface area contributed by atoms with Gasteiger partial charge in [0, 0.05) is 0 Å². The van der Waals surface area contributed by atoms with Crippen LogP contribution in [-0.4, -0.2) is 0 Å². The van der Waals surface area contributed by atoms with Crippen molar-refractivity contribution < 1.29 is 0 Å². The van der Waals surface area contributed by atoms with E-state index in [2.05, 4.69) is 19.6 Å². The second-order valence-corrected chi connectivity index (χ2v) is 2.31. The molecule has 0 saturated carbocycles. The molecule has 0 spiro atoms. The summed E-state index contributed by atoms with van der Waals surface area (Å²) < 4.78 is 0. The zero-order valence-electron chi connectivity index (χ0n) is 5.41. The molecule has 44 valence electrons. The Balaban J connectivity index is 2.57. The van der Waals surface area contributed by atoms with Crippen LogP contribution in [0, 0.1) is 0 Å². The van der Waals surface area contributed by atoms with Crippen molar-refractivity contribution in [3.05, 3.63) is 23.8 Å². The van der Waals surface area contributed by atoms with Crippen molar-refractivity contribution in [2.24, 2.45) is 0 Å². The van der Waals surface area contributed by atoms with Gasteiger partial charge in [-0.25, -0.2) is 0 Å². The fourth-order valence-corrected chi connectivity index (χ4v) is 1.03. The van der Waals surface area contributed by atoms with Crippen LogP contribution in [0.15, 0.2) is 23.8 Å². The topological polar surface area (TPSA) is 0 Å².